The fraction of sp³-hybridized carbons (Fsp3) is 0.867. The third kappa shape index (κ3) is 3.42. The van der Waals surface area contributed by atoms with Crippen LogP contribution in [0.2, 0.25) is 0 Å². The van der Waals surface area contributed by atoms with Crippen molar-refractivity contribution in [3.8, 4) is 0 Å². The molecular weight excluding hydrogens is 286 g/mol. The van der Waals surface area contributed by atoms with Crippen molar-refractivity contribution >= 4 is 23.4 Å². The number of thiocarbonyl (C=S) groups is 1. The second-order valence-corrected chi connectivity index (χ2v) is 7.04. The molecule has 1 heterocycles. The van der Waals surface area contributed by atoms with E-state index in [4.69, 9.17) is 17.0 Å². The van der Waals surface area contributed by atoms with Crippen molar-refractivity contribution in [2.45, 2.75) is 50.6 Å². The highest BCUT2D eigenvalue weighted by Gasteiger charge is 2.39. The number of amides is 1. The maximum absolute atomic E-state index is 11.4. The molecule has 0 aromatic heterocycles. The van der Waals surface area contributed by atoms with Crippen molar-refractivity contribution in [2.24, 2.45) is 11.8 Å². The predicted molar refractivity (Wildman–Crippen MR) is 85.1 cm³/mol. The van der Waals surface area contributed by atoms with Crippen molar-refractivity contribution in [2.75, 3.05) is 20.2 Å². The molecule has 1 saturated heterocycles. The molecular formula is C15H25N3O2S. The lowest BCUT2D eigenvalue weighted by Crippen LogP contribution is -2.51. The van der Waals surface area contributed by atoms with E-state index in [1.54, 1.807) is 4.90 Å². The van der Waals surface area contributed by atoms with Gasteiger partial charge >= 0.3 is 6.09 Å². The summed E-state index contributed by atoms with van der Waals surface area (Å²) in [5, 5.41) is 7.74. The Balaban J connectivity index is 1.39. The van der Waals surface area contributed by atoms with E-state index in [9.17, 15) is 4.79 Å². The zero-order valence-electron chi connectivity index (χ0n) is 12.6. The first-order valence-corrected chi connectivity index (χ1v) is 8.46. The van der Waals surface area contributed by atoms with Crippen LogP contribution in [0.3, 0.4) is 0 Å². The summed E-state index contributed by atoms with van der Waals surface area (Å²) < 4.78 is 4.75. The minimum atomic E-state index is -0.226. The van der Waals surface area contributed by atoms with Crippen LogP contribution in [0.5, 0.6) is 0 Å². The molecule has 3 fully saturated rings. The molecule has 1 aliphatic heterocycles. The normalized spacial score (nSPS) is 32.0. The van der Waals surface area contributed by atoms with E-state index in [1.165, 1.54) is 32.8 Å². The van der Waals surface area contributed by atoms with Gasteiger partial charge in [0.1, 0.15) is 0 Å². The van der Waals surface area contributed by atoms with E-state index in [0.29, 0.717) is 12.1 Å². The average Bonchev–Trinajstić information content (AvgIpc) is 3.09. The van der Waals surface area contributed by atoms with Crippen molar-refractivity contribution in [3.05, 3.63) is 0 Å². The highest BCUT2D eigenvalue weighted by molar-refractivity contribution is 7.80. The third-order valence-electron chi connectivity index (χ3n) is 5.32. The van der Waals surface area contributed by atoms with Crippen LogP contribution in [-0.4, -0.2) is 48.4 Å². The molecule has 5 nitrogen and oxygen atoms in total. The first-order chi connectivity index (χ1) is 10.2. The maximum Gasteiger partial charge on any atom is 0.409 e. The molecule has 3 aliphatic rings. The number of carbonyl (C=O) groups is 1. The summed E-state index contributed by atoms with van der Waals surface area (Å²) >= 11 is 5.46. The monoisotopic (exact) mass is 311 g/mol. The third-order valence-corrected chi connectivity index (χ3v) is 5.55. The van der Waals surface area contributed by atoms with Crippen LogP contribution >= 0.6 is 12.2 Å². The number of hydrogen-bond acceptors (Lipinski definition) is 3. The molecule has 0 unspecified atom stereocenters. The van der Waals surface area contributed by atoms with Crippen molar-refractivity contribution < 1.29 is 9.53 Å². The lowest BCUT2D eigenvalue weighted by molar-refractivity contribution is 0.111. The minimum absolute atomic E-state index is 0.226. The molecule has 21 heavy (non-hydrogen) atoms. The van der Waals surface area contributed by atoms with Crippen molar-refractivity contribution in [1.29, 1.82) is 0 Å². The zero-order valence-corrected chi connectivity index (χ0v) is 13.5. The number of likely N-dealkylation sites (tertiary alicyclic amines) is 1. The van der Waals surface area contributed by atoms with Crippen LogP contribution in [-0.2, 0) is 4.74 Å². The quantitative estimate of drug-likeness (QED) is 0.763. The summed E-state index contributed by atoms with van der Waals surface area (Å²) in [7, 11) is 1.43. The van der Waals surface area contributed by atoms with Crippen LogP contribution in [0.15, 0.2) is 0 Å². The van der Waals surface area contributed by atoms with Gasteiger partial charge in [-0.15, -0.1) is 0 Å². The second kappa shape index (κ2) is 6.38. The average molecular weight is 311 g/mol. The molecule has 0 radical (unpaired) electrons. The Morgan fingerprint density at radius 1 is 1.14 bits per heavy atom. The largest absolute Gasteiger partial charge is 0.453 e. The second-order valence-electron chi connectivity index (χ2n) is 6.63. The van der Waals surface area contributed by atoms with Gasteiger partial charge in [-0.1, -0.05) is 6.42 Å². The number of methoxy groups -OCH3 is 1. The van der Waals surface area contributed by atoms with E-state index in [2.05, 4.69) is 10.6 Å². The van der Waals surface area contributed by atoms with Gasteiger partial charge in [0, 0.05) is 25.2 Å². The first kappa shape index (κ1) is 14.9. The van der Waals surface area contributed by atoms with Gasteiger partial charge in [-0.2, -0.15) is 0 Å². The summed E-state index contributed by atoms with van der Waals surface area (Å²) in [5.74, 6) is 1.76. The van der Waals surface area contributed by atoms with E-state index in [1.807, 2.05) is 0 Å². The lowest BCUT2D eigenvalue weighted by Gasteiger charge is -2.33. The van der Waals surface area contributed by atoms with Gasteiger partial charge in [-0.3, -0.25) is 0 Å². The molecule has 0 aromatic rings. The number of nitrogens with one attached hydrogen (secondary N) is 2. The molecule has 1 amide bonds. The smallest absolute Gasteiger partial charge is 0.409 e. The SMILES string of the molecule is COC(=O)N1CCC(NC(=S)N[C@H]2C[C@H]3CC[C@H]2C3)CC1. The fourth-order valence-corrected chi connectivity index (χ4v) is 4.47. The van der Waals surface area contributed by atoms with E-state index >= 15 is 0 Å². The Kier molecular flexibility index (Phi) is 4.52. The van der Waals surface area contributed by atoms with Gasteiger partial charge < -0.3 is 20.3 Å². The molecule has 0 aromatic carbocycles. The Morgan fingerprint density at radius 3 is 2.48 bits per heavy atom. The summed E-state index contributed by atoms with van der Waals surface area (Å²) in [6.07, 6.45) is 7.07. The van der Waals surface area contributed by atoms with Crippen molar-refractivity contribution in [3.63, 3.8) is 0 Å². The Morgan fingerprint density at radius 2 is 1.90 bits per heavy atom. The molecule has 3 rings (SSSR count). The molecule has 0 spiro atoms. The number of hydrogen-bond donors (Lipinski definition) is 2. The standard InChI is InChI=1S/C15H25N3O2S/c1-20-15(19)18-6-4-12(5-7-18)16-14(21)17-13-9-10-2-3-11(13)8-10/h10-13H,2-9H2,1H3,(H2,16,17,21)/t10-,11-,13-/m0/s1. The van der Waals surface area contributed by atoms with Gasteiger partial charge in [0.2, 0.25) is 0 Å². The summed E-state index contributed by atoms with van der Waals surface area (Å²) in [5.41, 5.74) is 0. The van der Waals surface area contributed by atoms with E-state index in [-0.39, 0.29) is 6.09 Å². The lowest BCUT2D eigenvalue weighted by atomic mass is 9.95. The molecule has 2 aliphatic carbocycles. The number of fused-ring (bicyclic) bond motifs is 2. The molecule has 2 bridgehead atoms. The van der Waals surface area contributed by atoms with Gasteiger partial charge in [-0.25, -0.2) is 4.79 Å². The van der Waals surface area contributed by atoms with E-state index < -0.39 is 0 Å². The fourth-order valence-electron chi connectivity index (χ4n) is 4.15. The summed E-state index contributed by atoms with van der Waals surface area (Å²) in [6, 6.07) is 0.948. The predicted octanol–water partition coefficient (Wildman–Crippen LogP) is 1.87. The molecule has 118 valence electrons. The minimum Gasteiger partial charge on any atom is -0.453 e. The highest BCUT2D eigenvalue weighted by Crippen LogP contribution is 2.44. The zero-order chi connectivity index (χ0) is 14.8. The number of ether oxygens (including phenoxy) is 1. The van der Waals surface area contributed by atoms with Gasteiger partial charge in [0.05, 0.1) is 7.11 Å². The molecule has 6 heteroatoms. The topological polar surface area (TPSA) is 53.6 Å². The Bertz CT molecular complexity index is 410. The van der Waals surface area contributed by atoms with Gasteiger partial charge in [0.15, 0.2) is 5.11 Å². The van der Waals surface area contributed by atoms with Gasteiger partial charge in [0.25, 0.3) is 0 Å². The van der Waals surface area contributed by atoms with Crippen LogP contribution in [0.25, 0.3) is 0 Å². The van der Waals surface area contributed by atoms with Crippen LogP contribution < -0.4 is 10.6 Å². The first-order valence-electron chi connectivity index (χ1n) is 8.05. The van der Waals surface area contributed by atoms with E-state index in [0.717, 1.165) is 42.9 Å². The summed E-state index contributed by atoms with van der Waals surface area (Å²) in [4.78, 5) is 13.2. The Labute approximate surface area is 131 Å². The summed E-state index contributed by atoms with van der Waals surface area (Å²) in [6.45, 7) is 1.47. The molecule has 2 N–H and O–H groups in total. The molecule has 2 saturated carbocycles. The number of nitrogens with zero attached hydrogens (tertiary/aromatic N) is 1. The number of piperidine rings is 1. The van der Waals surface area contributed by atoms with Crippen LogP contribution in [0, 0.1) is 11.8 Å². The Hall–Kier alpha value is -1.04. The van der Waals surface area contributed by atoms with Crippen molar-refractivity contribution in [1.82, 2.24) is 15.5 Å². The van der Waals surface area contributed by atoms with Gasteiger partial charge in [-0.05, 0) is 56.2 Å². The highest BCUT2D eigenvalue weighted by atomic mass is 32.1. The van der Waals surface area contributed by atoms with Crippen LogP contribution in [0.4, 0.5) is 4.79 Å². The maximum atomic E-state index is 11.4. The van der Waals surface area contributed by atoms with Crippen LogP contribution in [0.1, 0.15) is 38.5 Å². The number of carbonyl (C=O) groups excluding carboxylic acids is 1. The molecule has 3 atom stereocenters. The number of rotatable bonds is 2.